The fourth-order valence-corrected chi connectivity index (χ4v) is 3.25. The minimum Gasteiger partial charge on any atom is -0.351 e. The summed E-state index contributed by atoms with van der Waals surface area (Å²) in [5.41, 5.74) is 7.44. The molecule has 1 aromatic heterocycles. The Morgan fingerprint density at radius 3 is 2.54 bits per heavy atom. The molecule has 0 aliphatic heterocycles. The van der Waals surface area contributed by atoms with Crippen LogP contribution in [-0.2, 0) is 6.42 Å². The normalized spacial score (nSPS) is 9.96. The number of rotatable bonds is 6. The number of nitrogens with two attached hydrogens (primary N) is 1. The monoisotopic (exact) mass is 367 g/mol. The molecular formula is C17H22ClN3O2S. The molecule has 0 bridgehead atoms. The smallest absolute Gasteiger partial charge is 0.265 e. The van der Waals surface area contributed by atoms with Crippen LogP contribution in [0.4, 0.5) is 5.69 Å². The van der Waals surface area contributed by atoms with Crippen molar-refractivity contribution in [2.45, 2.75) is 20.3 Å². The second kappa shape index (κ2) is 9.42. The second-order valence-corrected chi connectivity index (χ2v) is 6.25. The lowest BCUT2D eigenvalue weighted by Crippen LogP contribution is -2.29. The van der Waals surface area contributed by atoms with Crippen molar-refractivity contribution in [2.24, 2.45) is 5.73 Å². The van der Waals surface area contributed by atoms with Crippen molar-refractivity contribution >= 4 is 41.2 Å². The number of halogens is 1. The number of anilines is 1. The predicted molar refractivity (Wildman–Crippen MR) is 101 cm³/mol. The van der Waals surface area contributed by atoms with Gasteiger partial charge < -0.3 is 16.4 Å². The molecule has 1 aromatic carbocycles. The van der Waals surface area contributed by atoms with Crippen molar-refractivity contribution in [3.63, 3.8) is 0 Å². The van der Waals surface area contributed by atoms with Gasteiger partial charge in [-0.25, -0.2) is 0 Å². The third-order valence-corrected chi connectivity index (χ3v) is 4.80. The topological polar surface area (TPSA) is 84.2 Å². The predicted octanol–water partition coefficient (Wildman–Crippen LogP) is 2.98. The average Bonchev–Trinajstić information content (AvgIpc) is 2.94. The zero-order chi connectivity index (χ0) is 16.8. The van der Waals surface area contributed by atoms with Crippen LogP contribution >= 0.6 is 23.7 Å². The van der Waals surface area contributed by atoms with Crippen molar-refractivity contribution in [3.8, 4) is 0 Å². The first-order valence-electron chi connectivity index (χ1n) is 7.54. The second-order valence-electron chi connectivity index (χ2n) is 5.11. The van der Waals surface area contributed by atoms with E-state index in [-0.39, 0.29) is 24.2 Å². The summed E-state index contributed by atoms with van der Waals surface area (Å²) in [4.78, 5) is 26.4. The van der Waals surface area contributed by atoms with Gasteiger partial charge in [-0.1, -0.05) is 19.1 Å². The molecule has 0 saturated carbocycles. The van der Waals surface area contributed by atoms with Gasteiger partial charge in [-0.15, -0.1) is 23.7 Å². The summed E-state index contributed by atoms with van der Waals surface area (Å²) < 4.78 is 0. The number of carbonyl (C=O) groups is 2. The largest absolute Gasteiger partial charge is 0.351 e. The number of aryl methyl sites for hydroxylation is 2. The number of benzene rings is 1. The van der Waals surface area contributed by atoms with Gasteiger partial charge in [0.1, 0.15) is 0 Å². The third kappa shape index (κ3) is 4.80. The minimum absolute atomic E-state index is 0. The molecule has 2 rings (SSSR count). The van der Waals surface area contributed by atoms with E-state index in [1.54, 1.807) is 24.3 Å². The van der Waals surface area contributed by atoms with E-state index in [9.17, 15) is 9.59 Å². The van der Waals surface area contributed by atoms with Crippen molar-refractivity contribution < 1.29 is 9.59 Å². The molecule has 1 heterocycles. The Hall–Kier alpha value is -1.89. The van der Waals surface area contributed by atoms with E-state index in [2.05, 4.69) is 17.6 Å². The van der Waals surface area contributed by atoms with Gasteiger partial charge in [0.25, 0.3) is 11.8 Å². The molecule has 5 nitrogen and oxygen atoms in total. The number of hydrogen-bond donors (Lipinski definition) is 3. The van der Waals surface area contributed by atoms with E-state index in [1.807, 2.05) is 13.0 Å². The van der Waals surface area contributed by atoms with Crippen LogP contribution in [-0.4, -0.2) is 24.9 Å². The van der Waals surface area contributed by atoms with Crippen LogP contribution in [0.2, 0.25) is 0 Å². The highest BCUT2D eigenvalue weighted by Crippen LogP contribution is 2.24. The van der Waals surface area contributed by atoms with Gasteiger partial charge in [0.2, 0.25) is 0 Å². The Bertz CT molecular complexity index is 716. The Balaban J connectivity index is 0.00000288. The number of hydrogen-bond acceptors (Lipinski definition) is 4. The maximum atomic E-state index is 12.4. The molecule has 0 fully saturated rings. The molecule has 4 N–H and O–H groups in total. The molecule has 0 atom stereocenters. The Labute approximate surface area is 152 Å². The fourth-order valence-electron chi connectivity index (χ4n) is 2.24. The zero-order valence-electron chi connectivity index (χ0n) is 13.7. The maximum absolute atomic E-state index is 12.4. The van der Waals surface area contributed by atoms with E-state index < -0.39 is 0 Å². The lowest BCUT2D eigenvalue weighted by Gasteiger charge is -2.10. The fraction of sp³-hybridized carbons (Fsp3) is 0.294. The number of amides is 2. The first kappa shape index (κ1) is 20.2. The maximum Gasteiger partial charge on any atom is 0.265 e. The van der Waals surface area contributed by atoms with Gasteiger partial charge >= 0.3 is 0 Å². The molecule has 7 heteroatoms. The Kier molecular flexibility index (Phi) is 7.91. The van der Waals surface area contributed by atoms with Crippen LogP contribution in [0.3, 0.4) is 0 Å². The lowest BCUT2D eigenvalue weighted by atomic mass is 10.1. The van der Waals surface area contributed by atoms with E-state index in [0.717, 1.165) is 12.0 Å². The van der Waals surface area contributed by atoms with Gasteiger partial charge in [-0.05, 0) is 37.1 Å². The first-order valence-corrected chi connectivity index (χ1v) is 8.36. The lowest BCUT2D eigenvalue weighted by molar-refractivity contribution is 0.0955. The number of thiophene rings is 1. The zero-order valence-corrected chi connectivity index (χ0v) is 15.4. The SMILES string of the molecule is CCc1sc(C(=O)Nc2ccccc2C(=O)NCCN)cc1C.Cl. The summed E-state index contributed by atoms with van der Waals surface area (Å²) in [5, 5.41) is 5.54. The number of nitrogens with one attached hydrogen (secondary N) is 2. The van der Waals surface area contributed by atoms with E-state index in [1.165, 1.54) is 16.2 Å². The summed E-state index contributed by atoms with van der Waals surface area (Å²) in [6.45, 7) is 4.83. The molecule has 130 valence electrons. The molecular weight excluding hydrogens is 346 g/mol. The van der Waals surface area contributed by atoms with Crippen LogP contribution in [0.1, 0.15) is 37.4 Å². The van der Waals surface area contributed by atoms with Gasteiger partial charge in [-0.3, -0.25) is 9.59 Å². The van der Waals surface area contributed by atoms with E-state index >= 15 is 0 Å². The highest BCUT2D eigenvalue weighted by molar-refractivity contribution is 7.14. The minimum atomic E-state index is -0.247. The molecule has 2 aromatic rings. The average molecular weight is 368 g/mol. The van der Waals surface area contributed by atoms with Gasteiger partial charge in [0.15, 0.2) is 0 Å². The Morgan fingerprint density at radius 2 is 1.92 bits per heavy atom. The van der Waals surface area contributed by atoms with E-state index in [0.29, 0.717) is 29.2 Å². The molecule has 0 spiro atoms. The van der Waals surface area contributed by atoms with Crippen molar-refractivity contribution in [1.29, 1.82) is 0 Å². The molecule has 24 heavy (non-hydrogen) atoms. The highest BCUT2D eigenvalue weighted by atomic mass is 35.5. The molecule has 0 radical (unpaired) electrons. The van der Waals surface area contributed by atoms with Gasteiger partial charge in [-0.2, -0.15) is 0 Å². The Morgan fingerprint density at radius 1 is 1.21 bits per heavy atom. The van der Waals surface area contributed by atoms with Crippen LogP contribution in [0.25, 0.3) is 0 Å². The van der Waals surface area contributed by atoms with Crippen molar-refractivity contribution in [2.75, 3.05) is 18.4 Å². The summed E-state index contributed by atoms with van der Waals surface area (Å²) >= 11 is 1.49. The van der Waals surface area contributed by atoms with Gasteiger partial charge in [0.05, 0.1) is 16.1 Å². The number of para-hydroxylation sites is 1. The van der Waals surface area contributed by atoms with Gasteiger partial charge in [0, 0.05) is 18.0 Å². The summed E-state index contributed by atoms with van der Waals surface area (Å²) in [7, 11) is 0. The van der Waals surface area contributed by atoms with Crippen LogP contribution in [0.15, 0.2) is 30.3 Å². The first-order chi connectivity index (χ1) is 11.1. The van der Waals surface area contributed by atoms with Crippen molar-refractivity contribution in [3.05, 3.63) is 51.2 Å². The van der Waals surface area contributed by atoms with Crippen LogP contribution in [0.5, 0.6) is 0 Å². The van der Waals surface area contributed by atoms with Crippen LogP contribution < -0.4 is 16.4 Å². The summed E-state index contributed by atoms with van der Waals surface area (Å²) in [6.07, 6.45) is 0.905. The molecule has 0 unspecified atom stereocenters. The standard InChI is InChI=1S/C17H21N3O2S.ClH/c1-3-14-11(2)10-15(23-14)17(22)20-13-7-5-4-6-12(13)16(21)19-9-8-18;/h4-7,10H,3,8-9,18H2,1-2H3,(H,19,21)(H,20,22);1H. The third-order valence-electron chi connectivity index (χ3n) is 3.42. The van der Waals surface area contributed by atoms with Crippen molar-refractivity contribution in [1.82, 2.24) is 5.32 Å². The molecule has 0 aliphatic rings. The molecule has 0 aliphatic carbocycles. The molecule has 0 saturated heterocycles. The highest BCUT2D eigenvalue weighted by Gasteiger charge is 2.16. The number of carbonyl (C=O) groups excluding carboxylic acids is 2. The van der Waals surface area contributed by atoms with Crippen LogP contribution in [0, 0.1) is 6.92 Å². The van der Waals surface area contributed by atoms with E-state index in [4.69, 9.17) is 5.73 Å². The summed E-state index contributed by atoms with van der Waals surface area (Å²) in [5.74, 6) is -0.445. The summed E-state index contributed by atoms with van der Waals surface area (Å²) in [6, 6.07) is 8.83. The molecule has 2 amide bonds. The quantitative estimate of drug-likeness (QED) is 0.733.